The number of hydrogen-bond acceptors (Lipinski definition) is 4. The monoisotopic (exact) mass is 244 g/mol. The van der Waals surface area contributed by atoms with Crippen LogP contribution in [0.4, 0.5) is 11.5 Å². The number of aromatic nitrogens is 2. The van der Waals surface area contributed by atoms with Gasteiger partial charge in [-0.2, -0.15) is 5.26 Å². The topological polar surface area (TPSA) is 61.6 Å². The van der Waals surface area contributed by atoms with Crippen molar-refractivity contribution < 1.29 is 0 Å². The standard InChI is InChI=1S/C12H9ClN4/c1-8-2-3-9(13)10(6-8)17-12-11(7-14)15-4-5-16-12/h2-6H,1H3,(H,16,17). The van der Waals surface area contributed by atoms with Crippen LogP contribution in [0.1, 0.15) is 11.3 Å². The number of nitrogens with zero attached hydrogens (tertiary/aromatic N) is 3. The van der Waals surface area contributed by atoms with Gasteiger partial charge in [-0.15, -0.1) is 0 Å². The molecule has 84 valence electrons. The van der Waals surface area contributed by atoms with Crippen molar-refractivity contribution in [2.24, 2.45) is 0 Å². The van der Waals surface area contributed by atoms with Crippen LogP contribution in [0.15, 0.2) is 30.6 Å². The van der Waals surface area contributed by atoms with Crippen LogP contribution in [0.25, 0.3) is 0 Å². The lowest BCUT2D eigenvalue weighted by Crippen LogP contribution is -1.99. The van der Waals surface area contributed by atoms with E-state index in [4.69, 9.17) is 16.9 Å². The summed E-state index contributed by atoms with van der Waals surface area (Å²) in [4.78, 5) is 7.98. The SMILES string of the molecule is Cc1ccc(Cl)c(Nc2nccnc2C#N)c1. The molecule has 4 nitrogen and oxygen atoms in total. The molecule has 0 saturated heterocycles. The third-order valence-electron chi connectivity index (χ3n) is 2.18. The van der Waals surface area contributed by atoms with Crippen molar-refractivity contribution in [3.63, 3.8) is 0 Å². The number of nitriles is 1. The predicted octanol–water partition coefficient (Wildman–Crippen LogP) is 3.05. The van der Waals surface area contributed by atoms with E-state index in [0.717, 1.165) is 5.56 Å². The van der Waals surface area contributed by atoms with Gasteiger partial charge in [-0.25, -0.2) is 9.97 Å². The zero-order valence-electron chi connectivity index (χ0n) is 9.11. The lowest BCUT2D eigenvalue weighted by atomic mass is 10.2. The Kier molecular flexibility index (Phi) is 3.22. The van der Waals surface area contributed by atoms with E-state index < -0.39 is 0 Å². The molecule has 2 rings (SSSR count). The van der Waals surface area contributed by atoms with E-state index in [0.29, 0.717) is 16.5 Å². The maximum absolute atomic E-state index is 8.89. The van der Waals surface area contributed by atoms with Gasteiger partial charge in [0.1, 0.15) is 6.07 Å². The molecule has 0 aliphatic carbocycles. The predicted molar refractivity (Wildman–Crippen MR) is 66.2 cm³/mol. The van der Waals surface area contributed by atoms with Gasteiger partial charge in [0.25, 0.3) is 0 Å². The molecule has 17 heavy (non-hydrogen) atoms. The summed E-state index contributed by atoms with van der Waals surface area (Å²) in [5.41, 5.74) is 2.02. The summed E-state index contributed by atoms with van der Waals surface area (Å²) in [5, 5.41) is 12.5. The maximum atomic E-state index is 8.89. The van der Waals surface area contributed by atoms with Gasteiger partial charge < -0.3 is 5.32 Å². The maximum Gasteiger partial charge on any atom is 0.183 e. The van der Waals surface area contributed by atoms with Crippen molar-refractivity contribution in [1.29, 1.82) is 5.26 Å². The smallest absolute Gasteiger partial charge is 0.183 e. The molecule has 0 unspecified atom stereocenters. The first-order valence-electron chi connectivity index (χ1n) is 4.95. The summed E-state index contributed by atoms with van der Waals surface area (Å²) >= 11 is 6.05. The minimum Gasteiger partial charge on any atom is -0.337 e. The summed E-state index contributed by atoms with van der Waals surface area (Å²) < 4.78 is 0. The lowest BCUT2D eigenvalue weighted by Gasteiger charge is -2.08. The number of aryl methyl sites for hydroxylation is 1. The van der Waals surface area contributed by atoms with Crippen molar-refractivity contribution >= 4 is 23.1 Å². The van der Waals surface area contributed by atoms with Crippen LogP contribution in [0, 0.1) is 18.3 Å². The Bertz CT molecular complexity index is 589. The van der Waals surface area contributed by atoms with E-state index >= 15 is 0 Å². The van der Waals surface area contributed by atoms with Gasteiger partial charge in [0.15, 0.2) is 11.5 Å². The average molecular weight is 245 g/mol. The van der Waals surface area contributed by atoms with Crippen molar-refractivity contribution in [3.8, 4) is 6.07 Å². The molecule has 0 spiro atoms. The molecule has 1 heterocycles. The molecule has 0 amide bonds. The van der Waals surface area contributed by atoms with E-state index in [-0.39, 0.29) is 5.69 Å². The minimum atomic E-state index is 0.241. The van der Waals surface area contributed by atoms with Gasteiger partial charge in [0.2, 0.25) is 0 Å². The van der Waals surface area contributed by atoms with Crippen LogP contribution < -0.4 is 5.32 Å². The summed E-state index contributed by atoms with van der Waals surface area (Å²) in [6.07, 6.45) is 2.99. The van der Waals surface area contributed by atoms with E-state index in [2.05, 4.69) is 15.3 Å². The molecule has 0 saturated carbocycles. The summed E-state index contributed by atoms with van der Waals surface area (Å²) in [6, 6.07) is 7.56. The number of hydrogen-bond donors (Lipinski definition) is 1. The van der Waals surface area contributed by atoms with Crippen molar-refractivity contribution in [2.75, 3.05) is 5.32 Å². The first-order chi connectivity index (χ1) is 8.20. The minimum absolute atomic E-state index is 0.241. The van der Waals surface area contributed by atoms with Crippen molar-refractivity contribution in [1.82, 2.24) is 9.97 Å². The summed E-state index contributed by atoms with van der Waals surface area (Å²) in [6.45, 7) is 1.96. The third kappa shape index (κ3) is 2.52. The fraction of sp³-hybridized carbons (Fsp3) is 0.0833. The molecular weight excluding hydrogens is 236 g/mol. The fourth-order valence-corrected chi connectivity index (χ4v) is 1.54. The highest BCUT2D eigenvalue weighted by molar-refractivity contribution is 6.33. The normalized spacial score (nSPS) is 9.71. The van der Waals surface area contributed by atoms with Crippen LogP contribution in [-0.4, -0.2) is 9.97 Å². The third-order valence-corrected chi connectivity index (χ3v) is 2.51. The van der Waals surface area contributed by atoms with E-state index in [9.17, 15) is 0 Å². The Morgan fingerprint density at radius 1 is 1.29 bits per heavy atom. The first-order valence-corrected chi connectivity index (χ1v) is 5.33. The van der Waals surface area contributed by atoms with Crippen molar-refractivity contribution in [3.05, 3.63) is 46.9 Å². The molecule has 0 atom stereocenters. The van der Waals surface area contributed by atoms with Gasteiger partial charge >= 0.3 is 0 Å². The van der Waals surface area contributed by atoms with Gasteiger partial charge in [-0.05, 0) is 24.6 Å². The molecule has 0 fully saturated rings. The molecule has 0 bridgehead atoms. The molecule has 0 aliphatic heterocycles. The highest BCUT2D eigenvalue weighted by Gasteiger charge is 2.06. The Balaban J connectivity index is 2.38. The molecular formula is C12H9ClN4. The molecule has 1 aromatic carbocycles. The van der Waals surface area contributed by atoms with Gasteiger partial charge in [0.05, 0.1) is 10.7 Å². The quantitative estimate of drug-likeness (QED) is 0.882. The Labute approximate surface area is 104 Å². The average Bonchev–Trinajstić information content (AvgIpc) is 2.34. The number of benzene rings is 1. The highest BCUT2D eigenvalue weighted by Crippen LogP contribution is 2.26. The second-order valence-electron chi connectivity index (χ2n) is 3.47. The second kappa shape index (κ2) is 4.81. The molecule has 5 heteroatoms. The highest BCUT2D eigenvalue weighted by atomic mass is 35.5. The van der Waals surface area contributed by atoms with Gasteiger partial charge in [0, 0.05) is 12.4 Å². The van der Waals surface area contributed by atoms with E-state index in [1.54, 1.807) is 6.07 Å². The Hall–Kier alpha value is -2.12. The largest absolute Gasteiger partial charge is 0.337 e. The summed E-state index contributed by atoms with van der Waals surface area (Å²) in [7, 11) is 0. The molecule has 2 aromatic rings. The molecule has 0 radical (unpaired) electrons. The van der Waals surface area contributed by atoms with Crippen LogP contribution in [0.3, 0.4) is 0 Å². The Morgan fingerprint density at radius 3 is 2.82 bits per heavy atom. The zero-order chi connectivity index (χ0) is 12.3. The molecule has 1 N–H and O–H groups in total. The molecule has 0 aliphatic rings. The zero-order valence-corrected chi connectivity index (χ0v) is 9.86. The number of anilines is 2. The van der Waals surface area contributed by atoms with Crippen LogP contribution >= 0.6 is 11.6 Å². The van der Waals surface area contributed by atoms with E-state index in [1.165, 1.54) is 12.4 Å². The number of rotatable bonds is 2. The number of nitrogens with one attached hydrogen (secondary N) is 1. The first kappa shape index (κ1) is 11.4. The van der Waals surface area contributed by atoms with Gasteiger partial charge in [-0.3, -0.25) is 0 Å². The summed E-state index contributed by atoms with van der Waals surface area (Å²) in [5.74, 6) is 0.405. The molecule has 1 aromatic heterocycles. The van der Waals surface area contributed by atoms with Crippen LogP contribution in [0.5, 0.6) is 0 Å². The number of halogens is 1. The van der Waals surface area contributed by atoms with Crippen molar-refractivity contribution in [2.45, 2.75) is 6.92 Å². The van der Waals surface area contributed by atoms with Gasteiger partial charge in [-0.1, -0.05) is 17.7 Å². The van der Waals surface area contributed by atoms with Crippen LogP contribution in [0.2, 0.25) is 5.02 Å². The van der Waals surface area contributed by atoms with Crippen LogP contribution in [-0.2, 0) is 0 Å². The lowest BCUT2D eigenvalue weighted by molar-refractivity contribution is 1.16. The van der Waals surface area contributed by atoms with E-state index in [1.807, 2.05) is 25.1 Å². The second-order valence-corrected chi connectivity index (χ2v) is 3.88. The Morgan fingerprint density at radius 2 is 2.06 bits per heavy atom. The fourth-order valence-electron chi connectivity index (χ4n) is 1.37.